The van der Waals surface area contributed by atoms with E-state index in [-0.39, 0.29) is 26.2 Å². The van der Waals surface area contributed by atoms with Crippen molar-refractivity contribution in [1.29, 1.82) is 0 Å². The van der Waals surface area contributed by atoms with E-state index < -0.39 is 39.6 Å². The Kier molecular flexibility index (Phi) is 9.10. The van der Waals surface area contributed by atoms with Crippen LogP contribution >= 0.6 is 35.3 Å². The summed E-state index contributed by atoms with van der Waals surface area (Å²) in [6, 6.07) is 5.16. The lowest BCUT2D eigenvalue weighted by atomic mass is 9.83. The lowest BCUT2D eigenvalue weighted by Gasteiger charge is -2.51. The molecule has 1 atom stereocenters. The van der Waals surface area contributed by atoms with Crippen LogP contribution in [0.2, 0.25) is 0 Å². The first kappa shape index (κ1) is 33.0. The van der Waals surface area contributed by atoms with E-state index in [0.717, 1.165) is 63.0 Å². The quantitative estimate of drug-likeness (QED) is 0.318. The van der Waals surface area contributed by atoms with E-state index in [2.05, 4.69) is 0 Å². The maximum Gasteiger partial charge on any atom is 0.345 e. The third kappa shape index (κ3) is 5.13. The number of hydrogen-bond donors (Lipinski definition) is 0. The number of rotatable bonds is 6. The van der Waals surface area contributed by atoms with Crippen molar-refractivity contribution in [3.63, 3.8) is 0 Å². The van der Waals surface area contributed by atoms with Crippen LogP contribution < -0.4 is 9.64 Å². The normalized spacial score (nSPS) is 21.3. The fourth-order valence-corrected chi connectivity index (χ4v) is 10.8. The first-order chi connectivity index (χ1) is 21.4. The second-order valence-corrected chi connectivity index (χ2v) is 14.3. The number of fused-ring (bicyclic) bond motifs is 3. The Hall–Kier alpha value is -3.40. The molecule has 1 aromatic carbocycles. The zero-order valence-electron chi connectivity index (χ0n) is 25.6. The Balaban J connectivity index is 1.89. The van der Waals surface area contributed by atoms with Crippen LogP contribution in [0.3, 0.4) is 0 Å². The summed E-state index contributed by atoms with van der Waals surface area (Å²) >= 11 is 2.69. The van der Waals surface area contributed by atoms with Gasteiger partial charge in [-0.3, -0.25) is 9.69 Å². The minimum atomic E-state index is -1.68. The van der Waals surface area contributed by atoms with Crippen LogP contribution in [-0.2, 0) is 47.7 Å². The standard InChI is InChI=1S/C30H31NO11S3/c1-29(2)23-18(15-13-14(37-3)10-11-16(15)31(29)24(32)17-9-8-12-42-17)30(19(25(33)38-4)20(43-23)26(34)39-5)44-21(27(35)40-6)22(45-30)28(36)41-7/h10-11,13,17H,8-9,12H2,1-7H3/t17-/m0/s1. The van der Waals surface area contributed by atoms with Crippen LogP contribution in [0.15, 0.2) is 43.4 Å². The Morgan fingerprint density at radius 2 is 1.42 bits per heavy atom. The molecular formula is C30H31NO11S3. The van der Waals surface area contributed by atoms with Gasteiger partial charge in [0.15, 0.2) is 0 Å². The van der Waals surface area contributed by atoms with Gasteiger partial charge in [-0.25, -0.2) is 19.2 Å². The zero-order valence-corrected chi connectivity index (χ0v) is 28.0. The highest BCUT2D eigenvalue weighted by atomic mass is 32.2. The number of methoxy groups -OCH3 is 5. The molecule has 4 aliphatic rings. The number of carbonyl (C=O) groups is 5. The largest absolute Gasteiger partial charge is 0.497 e. The van der Waals surface area contributed by atoms with Crippen LogP contribution in [0, 0.1) is 0 Å². The molecule has 1 spiro atoms. The molecule has 0 unspecified atom stereocenters. The number of ether oxygens (including phenoxy) is 6. The van der Waals surface area contributed by atoms with Crippen molar-refractivity contribution in [2.75, 3.05) is 47.1 Å². The maximum atomic E-state index is 14.2. The molecule has 4 heterocycles. The van der Waals surface area contributed by atoms with Crippen LogP contribution in [0.25, 0.3) is 5.57 Å². The van der Waals surface area contributed by atoms with E-state index in [9.17, 15) is 24.0 Å². The molecule has 0 bridgehead atoms. The number of anilines is 1. The molecule has 5 rings (SSSR count). The molecule has 1 aromatic rings. The highest BCUT2D eigenvalue weighted by Gasteiger charge is 2.62. The average molecular weight is 678 g/mol. The van der Waals surface area contributed by atoms with Crippen molar-refractivity contribution >= 4 is 76.3 Å². The lowest BCUT2D eigenvalue weighted by molar-refractivity contribution is -0.138. The highest BCUT2D eigenvalue weighted by Crippen LogP contribution is 2.71. The molecule has 12 nitrogen and oxygen atoms in total. The fraction of sp³-hybridized carbons (Fsp3) is 0.433. The second kappa shape index (κ2) is 12.4. The summed E-state index contributed by atoms with van der Waals surface area (Å²) in [7, 11) is 6.16. The van der Waals surface area contributed by atoms with Crippen LogP contribution in [0.5, 0.6) is 5.75 Å². The van der Waals surface area contributed by atoms with Crippen molar-refractivity contribution in [3.05, 3.63) is 49.0 Å². The topological polar surface area (TPSA) is 144 Å². The molecular weight excluding hydrogens is 647 g/mol. The van der Waals surface area contributed by atoms with Gasteiger partial charge in [-0.2, -0.15) is 0 Å². The van der Waals surface area contributed by atoms with Gasteiger partial charge >= 0.3 is 23.9 Å². The third-order valence-electron chi connectivity index (χ3n) is 7.77. The van der Waals surface area contributed by atoms with Crippen LogP contribution in [0.1, 0.15) is 32.3 Å². The number of hydrogen-bond acceptors (Lipinski definition) is 14. The molecule has 0 N–H and O–H groups in total. The Morgan fingerprint density at radius 1 is 0.844 bits per heavy atom. The van der Waals surface area contributed by atoms with Crippen molar-refractivity contribution in [2.24, 2.45) is 0 Å². The molecule has 45 heavy (non-hydrogen) atoms. The van der Waals surface area contributed by atoms with Crippen molar-refractivity contribution in [3.8, 4) is 5.75 Å². The summed E-state index contributed by atoms with van der Waals surface area (Å²) in [6.07, 6.45) is 0.592. The van der Waals surface area contributed by atoms with E-state index in [4.69, 9.17) is 28.4 Å². The predicted octanol–water partition coefficient (Wildman–Crippen LogP) is 3.79. The molecule has 15 heteroatoms. The minimum Gasteiger partial charge on any atom is -0.497 e. The minimum absolute atomic E-state index is 0.123. The number of amides is 1. The van der Waals surface area contributed by atoms with E-state index in [1.165, 1.54) is 14.2 Å². The fourth-order valence-electron chi connectivity index (χ4n) is 5.73. The molecule has 0 radical (unpaired) electrons. The first-order valence-electron chi connectivity index (χ1n) is 13.7. The smallest absolute Gasteiger partial charge is 0.345 e. The third-order valence-corrected chi connectivity index (χ3v) is 12.4. The average Bonchev–Trinajstić information content (AvgIpc) is 3.72. The number of thioether (sulfide) groups is 3. The summed E-state index contributed by atoms with van der Waals surface area (Å²) in [4.78, 5) is 69.5. The van der Waals surface area contributed by atoms with E-state index in [1.807, 2.05) is 13.8 Å². The summed E-state index contributed by atoms with van der Waals surface area (Å²) in [5.41, 5.74) is 0.130. The van der Waals surface area contributed by atoms with Crippen LogP contribution in [-0.4, -0.2) is 87.7 Å². The van der Waals surface area contributed by atoms with Gasteiger partial charge < -0.3 is 28.4 Å². The summed E-state index contributed by atoms with van der Waals surface area (Å²) < 4.78 is 30.1. The van der Waals surface area contributed by atoms with Gasteiger partial charge in [0.1, 0.15) is 30.6 Å². The van der Waals surface area contributed by atoms with E-state index in [1.54, 1.807) is 23.1 Å². The molecule has 0 aromatic heterocycles. The van der Waals surface area contributed by atoms with Gasteiger partial charge in [-0.15, -0.1) is 0 Å². The van der Waals surface area contributed by atoms with E-state index >= 15 is 0 Å². The molecule has 4 aliphatic heterocycles. The van der Waals surface area contributed by atoms with Gasteiger partial charge in [0.2, 0.25) is 0 Å². The molecule has 0 aliphatic carbocycles. The molecule has 1 fully saturated rings. The Morgan fingerprint density at radius 3 is 1.93 bits per heavy atom. The van der Waals surface area contributed by atoms with Crippen molar-refractivity contribution < 1.29 is 52.4 Å². The number of benzene rings is 1. The molecule has 0 saturated carbocycles. The summed E-state index contributed by atoms with van der Waals surface area (Å²) in [5, 5.41) is 0. The van der Waals surface area contributed by atoms with Crippen molar-refractivity contribution in [1.82, 2.24) is 0 Å². The number of esters is 4. The maximum absolute atomic E-state index is 14.2. The second-order valence-electron chi connectivity index (χ2n) is 10.6. The van der Waals surface area contributed by atoms with Crippen molar-refractivity contribution in [2.45, 2.75) is 42.4 Å². The number of nitrogens with zero attached hydrogens (tertiary/aromatic N) is 1. The van der Waals surface area contributed by atoms with Gasteiger partial charge in [-0.1, -0.05) is 35.3 Å². The van der Waals surface area contributed by atoms with Gasteiger partial charge in [0.05, 0.1) is 52.3 Å². The molecule has 1 saturated heterocycles. The highest BCUT2D eigenvalue weighted by molar-refractivity contribution is 8.26. The van der Waals surface area contributed by atoms with Crippen LogP contribution in [0.4, 0.5) is 5.69 Å². The van der Waals surface area contributed by atoms with Gasteiger partial charge in [0.25, 0.3) is 5.91 Å². The van der Waals surface area contributed by atoms with Gasteiger partial charge in [0, 0.05) is 22.6 Å². The van der Waals surface area contributed by atoms with Gasteiger partial charge in [-0.05, 0) is 44.9 Å². The Labute approximate surface area is 272 Å². The molecule has 240 valence electrons. The van der Waals surface area contributed by atoms with E-state index in [0.29, 0.717) is 40.5 Å². The summed E-state index contributed by atoms with van der Waals surface area (Å²) in [5.74, 6) is -3.25. The predicted molar refractivity (Wildman–Crippen MR) is 168 cm³/mol. The molecule has 1 amide bonds. The zero-order chi connectivity index (χ0) is 32.8. The summed E-state index contributed by atoms with van der Waals surface area (Å²) in [6.45, 7) is 4.09. The Bertz CT molecular complexity index is 1580. The monoisotopic (exact) mass is 677 g/mol. The lowest BCUT2D eigenvalue weighted by Crippen LogP contribution is -2.56. The number of carbonyl (C=O) groups excluding carboxylic acids is 5. The SMILES string of the molecule is COC(=O)C1=C(C(=O)OC)SC2(S1)C(C(=O)OC)=C(C(=O)OC)SC1=C2c2cc(OC)ccc2N(C(=O)[C@@H]2CCCO2)C1(C)C. The first-order valence-corrected chi connectivity index (χ1v) is 16.1.